The summed E-state index contributed by atoms with van der Waals surface area (Å²) in [5.74, 6) is 2.23. The number of ether oxygens (including phenoxy) is 1. The predicted octanol–water partition coefficient (Wildman–Crippen LogP) is 4.57. The van der Waals surface area contributed by atoms with Gasteiger partial charge in [0.25, 0.3) is 0 Å². The highest BCUT2D eigenvalue weighted by atomic mass is 32.2. The van der Waals surface area contributed by atoms with Gasteiger partial charge in [0.05, 0.1) is 6.61 Å². The number of rotatable bonds is 6. The Labute approximate surface area is 124 Å². The third-order valence-corrected chi connectivity index (χ3v) is 4.02. The lowest BCUT2D eigenvalue weighted by atomic mass is 10.1. The number of hydrogen-bond acceptors (Lipinski definition) is 3. The fraction of sp³-hybridized carbons (Fsp3) is 0.294. The van der Waals surface area contributed by atoms with Crippen LogP contribution in [-0.2, 0) is 0 Å². The second kappa shape index (κ2) is 7.25. The maximum absolute atomic E-state index is 9.65. The minimum Gasteiger partial charge on any atom is -0.507 e. The van der Waals surface area contributed by atoms with Crippen molar-refractivity contribution in [3.05, 3.63) is 53.6 Å². The van der Waals surface area contributed by atoms with Crippen LogP contribution in [0.3, 0.4) is 0 Å². The Morgan fingerprint density at radius 3 is 2.45 bits per heavy atom. The Bertz CT molecular complexity index is 546. The summed E-state index contributed by atoms with van der Waals surface area (Å²) in [5.41, 5.74) is 2.45. The molecule has 0 radical (unpaired) electrons. The highest BCUT2D eigenvalue weighted by Gasteiger charge is 2.01. The first-order valence-corrected chi connectivity index (χ1v) is 7.75. The van der Waals surface area contributed by atoms with E-state index in [1.807, 2.05) is 18.2 Å². The molecule has 2 nitrogen and oxygen atoms in total. The van der Waals surface area contributed by atoms with Gasteiger partial charge < -0.3 is 9.84 Å². The summed E-state index contributed by atoms with van der Waals surface area (Å²) in [7, 11) is 0. The number of phenolic OH excluding ortho intramolecular Hbond substituents is 1. The van der Waals surface area contributed by atoms with E-state index in [-0.39, 0.29) is 0 Å². The SMILES string of the molecule is Cc1cc(C)cc(OCCCSc2ccccc2O)c1. The molecule has 0 spiro atoms. The van der Waals surface area contributed by atoms with Crippen molar-refractivity contribution in [3.8, 4) is 11.5 Å². The smallest absolute Gasteiger partial charge is 0.129 e. The van der Waals surface area contributed by atoms with Crippen molar-refractivity contribution in [1.82, 2.24) is 0 Å². The highest BCUT2D eigenvalue weighted by molar-refractivity contribution is 7.99. The zero-order valence-electron chi connectivity index (χ0n) is 11.9. The Morgan fingerprint density at radius 2 is 1.75 bits per heavy atom. The molecule has 0 unspecified atom stereocenters. The maximum atomic E-state index is 9.65. The van der Waals surface area contributed by atoms with Gasteiger partial charge in [0.1, 0.15) is 11.5 Å². The first-order valence-electron chi connectivity index (χ1n) is 6.77. The Morgan fingerprint density at radius 1 is 1.05 bits per heavy atom. The largest absolute Gasteiger partial charge is 0.507 e. The van der Waals surface area contributed by atoms with Crippen molar-refractivity contribution < 1.29 is 9.84 Å². The van der Waals surface area contributed by atoms with E-state index in [1.54, 1.807) is 17.8 Å². The van der Waals surface area contributed by atoms with E-state index < -0.39 is 0 Å². The monoisotopic (exact) mass is 288 g/mol. The zero-order chi connectivity index (χ0) is 14.4. The summed E-state index contributed by atoms with van der Waals surface area (Å²) in [6.45, 7) is 4.85. The van der Waals surface area contributed by atoms with Gasteiger partial charge in [0, 0.05) is 10.6 Å². The second-order valence-electron chi connectivity index (χ2n) is 4.84. The van der Waals surface area contributed by atoms with E-state index in [1.165, 1.54) is 11.1 Å². The summed E-state index contributed by atoms with van der Waals surface area (Å²) in [5, 5.41) is 9.65. The van der Waals surface area contributed by atoms with Crippen molar-refractivity contribution in [2.24, 2.45) is 0 Å². The van der Waals surface area contributed by atoms with Crippen LogP contribution in [-0.4, -0.2) is 17.5 Å². The molecular formula is C17H20O2S. The van der Waals surface area contributed by atoms with Crippen molar-refractivity contribution in [3.63, 3.8) is 0 Å². The van der Waals surface area contributed by atoms with E-state index in [4.69, 9.17) is 4.74 Å². The molecule has 1 N–H and O–H groups in total. The lowest BCUT2D eigenvalue weighted by Crippen LogP contribution is -1.99. The molecule has 0 saturated carbocycles. The molecule has 3 heteroatoms. The molecule has 0 aromatic heterocycles. The van der Waals surface area contributed by atoms with Crippen LogP contribution in [0.25, 0.3) is 0 Å². The van der Waals surface area contributed by atoms with Gasteiger partial charge in [-0.05, 0) is 55.7 Å². The predicted molar refractivity (Wildman–Crippen MR) is 84.9 cm³/mol. The van der Waals surface area contributed by atoms with Gasteiger partial charge in [-0.15, -0.1) is 11.8 Å². The Kier molecular flexibility index (Phi) is 5.36. The van der Waals surface area contributed by atoms with Gasteiger partial charge in [-0.25, -0.2) is 0 Å². The van der Waals surface area contributed by atoms with Crippen LogP contribution in [0.4, 0.5) is 0 Å². The fourth-order valence-electron chi connectivity index (χ4n) is 2.03. The molecule has 0 heterocycles. The van der Waals surface area contributed by atoms with Gasteiger partial charge in [-0.3, -0.25) is 0 Å². The van der Waals surface area contributed by atoms with Gasteiger partial charge in [0.15, 0.2) is 0 Å². The minimum absolute atomic E-state index is 0.354. The number of phenols is 1. The normalized spacial score (nSPS) is 10.5. The Hall–Kier alpha value is -1.61. The molecule has 0 amide bonds. The maximum Gasteiger partial charge on any atom is 0.129 e. The molecule has 2 rings (SSSR count). The lowest BCUT2D eigenvalue weighted by Gasteiger charge is -2.08. The summed E-state index contributed by atoms with van der Waals surface area (Å²) >= 11 is 1.66. The van der Waals surface area contributed by atoms with E-state index in [2.05, 4.69) is 32.0 Å². The van der Waals surface area contributed by atoms with Crippen molar-refractivity contribution in [2.75, 3.05) is 12.4 Å². The first-order chi connectivity index (χ1) is 9.65. The van der Waals surface area contributed by atoms with E-state index in [0.29, 0.717) is 12.4 Å². The Balaban J connectivity index is 1.73. The average molecular weight is 288 g/mol. The molecule has 0 fully saturated rings. The van der Waals surface area contributed by atoms with Crippen LogP contribution in [0.5, 0.6) is 11.5 Å². The molecule has 0 aliphatic rings. The van der Waals surface area contributed by atoms with Crippen molar-refractivity contribution >= 4 is 11.8 Å². The molecule has 0 bridgehead atoms. The minimum atomic E-state index is 0.354. The van der Waals surface area contributed by atoms with E-state index in [9.17, 15) is 5.11 Å². The average Bonchev–Trinajstić information content (AvgIpc) is 2.39. The van der Waals surface area contributed by atoms with Gasteiger partial charge in [-0.2, -0.15) is 0 Å². The number of benzene rings is 2. The quantitative estimate of drug-likeness (QED) is 0.623. The van der Waals surface area contributed by atoms with Crippen LogP contribution in [0, 0.1) is 13.8 Å². The van der Waals surface area contributed by atoms with E-state index in [0.717, 1.165) is 22.8 Å². The molecule has 106 valence electrons. The molecule has 0 atom stereocenters. The third kappa shape index (κ3) is 4.49. The van der Waals surface area contributed by atoms with Gasteiger partial charge >= 0.3 is 0 Å². The fourth-order valence-corrected chi connectivity index (χ4v) is 2.90. The summed E-state index contributed by atoms with van der Waals surface area (Å²) in [6, 6.07) is 13.7. The number of hydrogen-bond donors (Lipinski definition) is 1. The molecule has 20 heavy (non-hydrogen) atoms. The molecule has 0 saturated heterocycles. The zero-order valence-corrected chi connectivity index (χ0v) is 12.7. The molecule has 2 aromatic carbocycles. The van der Waals surface area contributed by atoms with Crippen molar-refractivity contribution in [2.45, 2.75) is 25.2 Å². The van der Waals surface area contributed by atoms with Gasteiger partial charge in [0.2, 0.25) is 0 Å². The van der Waals surface area contributed by atoms with Crippen LogP contribution < -0.4 is 4.74 Å². The number of aryl methyl sites for hydroxylation is 2. The standard InChI is InChI=1S/C17H20O2S/c1-13-10-14(2)12-15(11-13)19-8-5-9-20-17-7-4-3-6-16(17)18/h3-4,6-7,10-12,18H,5,8-9H2,1-2H3. The van der Waals surface area contributed by atoms with E-state index >= 15 is 0 Å². The molecule has 0 aliphatic heterocycles. The van der Waals surface area contributed by atoms with Gasteiger partial charge in [-0.1, -0.05) is 18.2 Å². The van der Waals surface area contributed by atoms with Crippen molar-refractivity contribution in [1.29, 1.82) is 0 Å². The summed E-state index contributed by atoms with van der Waals surface area (Å²) in [6.07, 6.45) is 0.950. The lowest BCUT2D eigenvalue weighted by molar-refractivity contribution is 0.318. The summed E-state index contributed by atoms with van der Waals surface area (Å²) < 4.78 is 5.76. The molecule has 2 aromatic rings. The number of thioether (sulfide) groups is 1. The first kappa shape index (κ1) is 14.8. The highest BCUT2D eigenvalue weighted by Crippen LogP contribution is 2.28. The molecule has 0 aliphatic carbocycles. The van der Waals surface area contributed by atoms with Crippen LogP contribution in [0.1, 0.15) is 17.5 Å². The molecular weight excluding hydrogens is 268 g/mol. The third-order valence-electron chi connectivity index (χ3n) is 2.88. The number of aromatic hydroxyl groups is 1. The van der Waals surface area contributed by atoms with Crippen LogP contribution in [0.15, 0.2) is 47.4 Å². The number of para-hydroxylation sites is 1. The second-order valence-corrected chi connectivity index (χ2v) is 5.98. The topological polar surface area (TPSA) is 29.5 Å². The summed E-state index contributed by atoms with van der Waals surface area (Å²) in [4.78, 5) is 0.930. The van der Waals surface area contributed by atoms with Crippen LogP contribution in [0.2, 0.25) is 0 Å². The van der Waals surface area contributed by atoms with Crippen LogP contribution >= 0.6 is 11.8 Å².